The van der Waals surface area contributed by atoms with Crippen LogP contribution in [0.25, 0.3) is 65.7 Å². The first-order valence-electron chi connectivity index (χ1n) is 21.8. The second kappa shape index (κ2) is 13.8. The lowest BCUT2D eigenvalue weighted by Crippen LogP contribution is -2.48. The number of hydrogen-bond acceptors (Lipinski definition) is 1. The number of benzene rings is 9. The Labute approximate surface area is 347 Å². The van der Waals surface area contributed by atoms with Crippen molar-refractivity contribution in [2.24, 2.45) is 17.8 Å². The minimum absolute atomic E-state index is 0.364. The molecular formula is C58H47N. The molecule has 1 heteroatoms. The molecule has 0 radical (unpaired) electrons. The van der Waals surface area contributed by atoms with Crippen LogP contribution in [0.15, 0.2) is 194 Å². The molecule has 0 heterocycles. The molecule has 0 aromatic heterocycles. The Morgan fingerprint density at radius 2 is 0.847 bits per heavy atom. The van der Waals surface area contributed by atoms with Gasteiger partial charge in [-0.25, -0.2) is 0 Å². The van der Waals surface area contributed by atoms with Crippen LogP contribution in [0.1, 0.15) is 44.1 Å². The van der Waals surface area contributed by atoms with Gasteiger partial charge in [-0.05, 0) is 170 Å². The standard InChI is InChI=1S/C58H47N/c1-2-11-43(12-3-1)55-34-45-14-4-5-15-46(45)35-56(55)44-21-25-48(26-22-44)59(49-27-23-47(24-28-49)58-36-39-31-40(37-58)33-41(32-39)38-58)57-30-29-53(52-18-8-9-19-54(52)57)51-20-10-16-42-13-6-7-17-50(42)51/h1-30,34-35,39-41H,31-33,36-38H2. The zero-order valence-electron chi connectivity index (χ0n) is 33.4. The normalized spacial score (nSPS) is 20.7. The molecule has 9 aromatic rings. The second-order valence-electron chi connectivity index (χ2n) is 17.9. The van der Waals surface area contributed by atoms with Crippen molar-refractivity contribution in [1.29, 1.82) is 0 Å². The molecule has 9 aromatic carbocycles. The number of nitrogens with zero attached hydrogens (tertiary/aromatic N) is 1. The van der Waals surface area contributed by atoms with Crippen molar-refractivity contribution in [2.45, 2.75) is 43.9 Å². The fraction of sp³-hybridized carbons (Fsp3) is 0.172. The minimum atomic E-state index is 0.364. The Bertz CT molecular complexity index is 2970. The first-order valence-corrected chi connectivity index (χ1v) is 21.8. The van der Waals surface area contributed by atoms with Crippen LogP contribution in [0.3, 0.4) is 0 Å². The molecule has 59 heavy (non-hydrogen) atoms. The van der Waals surface area contributed by atoms with Crippen LogP contribution in [0.4, 0.5) is 17.1 Å². The van der Waals surface area contributed by atoms with Crippen molar-refractivity contribution in [3.05, 3.63) is 200 Å². The Morgan fingerprint density at radius 1 is 0.356 bits per heavy atom. The van der Waals surface area contributed by atoms with Gasteiger partial charge in [-0.3, -0.25) is 0 Å². The zero-order valence-corrected chi connectivity index (χ0v) is 33.4. The summed E-state index contributed by atoms with van der Waals surface area (Å²) >= 11 is 0. The average Bonchev–Trinajstić information content (AvgIpc) is 3.29. The largest absolute Gasteiger partial charge is 0.310 e. The fourth-order valence-electron chi connectivity index (χ4n) is 12.2. The lowest BCUT2D eigenvalue weighted by atomic mass is 9.48. The van der Waals surface area contributed by atoms with E-state index in [-0.39, 0.29) is 0 Å². The summed E-state index contributed by atoms with van der Waals surface area (Å²) in [6, 6.07) is 72.6. The molecule has 0 N–H and O–H groups in total. The molecule has 0 aliphatic heterocycles. The lowest BCUT2D eigenvalue weighted by Gasteiger charge is -2.57. The van der Waals surface area contributed by atoms with Gasteiger partial charge in [-0.15, -0.1) is 0 Å². The first-order chi connectivity index (χ1) is 29.2. The third kappa shape index (κ3) is 5.90. The maximum atomic E-state index is 2.50. The molecule has 4 saturated carbocycles. The van der Waals surface area contributed by atoms with Crippen molar-refractivity contribution < 1.29 is 0 Å². The topological polar surface area (TPSA) is 3.24 Å². The predicted molar refractivity (Wildman–Crippen MR) is 250 cm³/mol. The van der Waals surface area contributed by atoms with E-state index in [0.717, 1.165) is 23.4 Å². The van der Waals surface area contributed by atoms with Crippen molar-refractivity contribution >= 4 is 49.4 Å². The summed E-state index contributed by atoms with van der Waals surface area (Å²) in [6.07, 6.45) is 8.54. The molecule has 4 aliphatic rings. The van der Waals surface area contributed by atoms with E-state index in [1.807, 2.05) is 0 Å². The summed E-state index contributed by atoms with van der Waals surface area (Å²) in [5.41, 5.74) is 13.0. The van der Waals surface area contributed by atoms with Gasteiger partial charge in [0.15, 0.2) is 0 Å². The van der Waals surface area contributed by atoms with E-state index in [1.165, 1.54) is 116 Å². The van der Waals surface area contributed by atoms with E-state index in [1.54, 1.807) is 5.56 Å². The van der Waals surface area contributed by atoms with Crippen LogP contribution < -0.4 is 4.90 Å². The number of rotatable bonds is 7. The third-order valence-electron chi connectivity index (χ3n) is 14.4. The maximum absolute atomic E-state index is 2.50. The molecule has 4 aliphatic carbocycles. The van der Waals surface area contributed by atoms with Crippen LogP contribution in [0.5, 0.6) is 0 Å². The minimum Gasteiger partial charge on any atom is -0.310 e. The SMILES string of the molecule is c1ccc(-c2cc3ccccc3cc2-c2ccc(N(c3ccc(C45CC6CC(CC(C6)C4)C5)cc3)c3ccc(-c4cccc5ccccc45)c4ccccc34)cc2)cc1. The number of hydrogen-bond donors (Lipinski definition) is 0. The van der Waals surface area contributed by atoms with Crippen molar-refractivity contribution in [3.63, 3.8) is 0 Å². The molecule has 0 unspecified atom stereocenters. The van der Waals surface area contributed by atoms with E-state index in [2.05, 4.69) is 199 Å². The Kier molecular flexibility index (Phi) is 8.12. The average molecular weight is 758 g/mol. The van der Waals surface area contributed by atoms with Crippen molar-refractivity contribution in [2.75, 3.05) is 4.90 Å². The lowest BCUT2D eigenvalue weighted by molar-refractivity contribution is -0.00518. The van der Waals surface area contributed by atoms with E-state index in [9.17, 15) is 0 Å². The van der Waals surface area contributed by atoms with Gasteiger partial charge in [0.25, 0.3) is 0 Å². The monoisotopic (exact) mass is 757 g/mol. The molecule has 0 spiro atoms. The van der Waals surface area contributed by atoms with Gasteiger partial charge in [0.05, 0.1) is 5.69 Å². The van der Waals surface area contributed by atoms with Crippen LogP contribution in [-0.4, -0.2) is 0 Å². The molecule has 0 atom stereocenters. The summed E-state index contributed by atoms with van der Waals surface area (Å²) in [5.74, 6) is 2.77. The smallest absolute Gasteiger partial charge is 0.0540 e. The maximum Gasteiger partial charge on any atom is 0.0540 e. The number of anilines is 3. The van der Waals surface area contributed by atoms with Crippen LogP contribution in [-0.2, 0) is 5.41 Å². The van der Waals surface area contributed by atoms with Crippen molar-refractivity contribution in [1.82, 2.24) is 0 Å². The molecule has 1 nitrogen and oxygen atoms in total. The molecule has 284 valence electrons. The van der Waals surface area contributed by atoms with E-state index in [0.29, 0.717) is 5.41 Å². The number of fused-ring (bicyclic) bond motifs is 3. The van der Waals surface area contributed by atoms with E-state index < -0.39 is 0 Å². The van der Waals surface area contributed by atoms with Gasteiger partial charge in [-0.1, -0.05) is 152 Å². The highest BCUT2D eigenvalue weighted by Crippen LogP contribution is 2.61. The molecule has 0 saturated heterocycles. The summed E-state index contributed by atoms with van der Waals surface area (Å²) < 4.78 is 0. The van der Waals surface area contributed by atoms with Gasteiger partial charge in [0, 0.05) is 16.8 Å². The van der Waals surface area contributed by atoms with Crippen LogP contribution in [0.2, 0.25) is 0 Å². The fourth-order valence-corrected chi connectivity index (χ4v) is 12.2. The van der Waals surface area contributed by atoms with Gasteiger partial charge >= 0.3 is 0 Å². The Morgan fingerprint density at radius 3 is 1.49 bits per heavy atom. The highest BCUT2D eigenvalue weighted by Gasteiger charge is 2.51. The zero-order chi connectivity index (χ0) is 38.9. The summed E-state index contributed by atoms with van der Waals surface area (Å²) in [7, 11) is 0. The predicted octanol–water partition coefficient (Wildman–Crippen LogP) is 16.1. The summed E-state index contributed by atoms with van der Waals surface area (Å²) in [6.45, 7) is 0. The summed E-state index contributed by atoms with van der Waals surface area (Å²) in [4.78, 5) is 2.50. The summed E-state index contributed by atoms with van der Waals surface area (Å²) in [5, 5.41) is 7.56. The molecule has 4 bridgehead atoms. The molecule has 4 fully saturated rings. The van der Waals surface area contributed by atoms with E-state index in [4.69, 9.17) is 0 Å². The van der Waals surface area contributed by atoms with Crippen molar-refractivity contribution in [3.8, 4) is 33.4 Å². The highest BCUT2D eigenvalue weighted by molar-refractivity contribution is 6.10. The quantitative estimate of drug-likeness (QED) is 0.156. The van der Waals surface area contributed by atoms with E-state index >= 15 is 0 Å². The first kappa shape index (κ1) is 34.6. The highest BCUT2D eigenvalue weighted by atomic mass is 15.1. The Hall–Kier alpha value is -6.44. The third-order valence-corrected chi connectivity index (χ3v) is 14.4. The van der Waals surface area contributed by atoms with Gasteiger partial charge in [0.2, 0.25) is 0 Å². The Balaban J connectivity index is 1.01. The van der Waals surface area contributed by atoms with Gasteiger partial charge in [0.1, 0.15) is 0 Å². The molecular weight excluding hydrogens is 711 g/mol. The van der Waals surface area contributed by atoms with Crippen LogP contribution >= 0.6 is 0 Å². The molecule has 13 rings (SSSR count). The second-order valence-corrected chi connectivity index (χ2v) is 17.9. The van der Waals surface area contributed by atoms with Crippen LogP contribution in [0, 0.1) is 17.8 Å². The van der Waals surface area contributed by atoms with Gasteiger partial charge in [-0.2, -0.15) is 0 Å². The molecule has 0 amide bonds. The van der Waals surface area contributed by atoms with Gasteiger partial charge < -0.3 is 4.90 Å².